The second-order valence-electron chi connectivity index (χ2n) is 2.69. The zero-order chi connectivity index (χ0) is 11.8. The molecule has 0 saturated heterocycles. The molecule has 0 aromatic heterocycles. The number of carbonyl (C=O) groups excluding carboxylic acids is 2. The van der Waals surface area contributed by atoms with Crippen LogP contribution in [-0.2, 0) is 18.9 Å². The molecule has 0 aromatic carbocycles. The van der Waals surface area contributed by atoms with Crippen molar-refractivity contribution in [2.24, 2.45) is 0 Å². The van der Waals surface area contributed by atoms with Crippen LogP contribution < -0.4 is 5.32 Å². The van der Waals surface area contributed by atoms with Gasteiger partial charge in [-0.05, 0) is 6.08 Å². The maximum atomic E-state index is 11.1. The van der Waals surface area contributed by atoms with Gasteiger partial charge in [0.2, 0.25) is 5.91 Å². The second-order valence-corrected chi connectivity index (χ2v) is 4.49. The minimum Gasteiger partial charge on any atom is -0.464 e. The zero-order valence-electron chi connectivity index (χ0n) is 8.57. The van der Waals surface area contributed by atoms with Gasteiger partial charge in [-0.25, -0.2) is 4.79 Å². The molecule has 1 atom stereocenters. The lowest BCUT2D eigenvalue weighted by atomic mass is 10.4. The molecule has 0 saturated carbocycles. The number of carbonyl (C=O) groups is 2. The van der Waals surface area contributed by atoms with E-state index in [9.17, 15) is 14.2 Å². The summed E-state index contributed by atoms with van der Waals surface area (Å²) in [5, 5.41) is 10.8. The Bertz CT molecular complexity index is 299. The summed E-state index contributed by atoms with van der Waals surface area (Å²) in [7, 11) is -0.957. The Kier molecular flexibility index (Phi) is 6.66. The van der Waals surface area contributed by atoms with Gasteiger partial charge >= 0.3 is 5.97 Å². The topological polar surface area (TPSA) is 92.7 Å². The lowest BCUT2D eigenvalue weighted by molar-refractivity contribution is -0.137. The molecule has 7 heteroatoms. The van der Waals surface area contributed by atoms with Gasteiger partial charge in [0.05, 0.1) is 13.5 Å². The van der Waals surface area contributed by atoms with Crippen molar-refractivity contribution < 1.29 is 24.0 Å². The standard InChI is InChI=1S/C8H14NO5P/c1-6(11)9-7(8(12)14-2)3-4-15(13)5-10/h3,10,15H,4-5H2,1-2H3,(H,9,11)/b7-3-. The molecule has 6 nitrogen and oxygen atoms in total. The number of aliphatic hydroxyl groups is 1. The minimum atomic E-state index is -2.13. The third kappa shape index (κ3) is 6.04. The quantitative estimate of drug-likeness (QED) is 0.387. The fraction of sp³-hybridized carbons (Fsp3) is 0.500. The first-order valence-electron chi connectivity index (χ1n) is 4.20. The van der Waals surface area contributed by atoms with Crippen LogP contribution in [0.15, 0.2) is 11.8 Å². The molecular formula is C8H14NO5P. The number of hydrogen-bond acceptors (Lipinski definition) is 5. The predicted molar refractivity (Wildman–Crippen MR) is 54.9 cm³/mol. The highest BCUT2D eigenvalue weighted by molar-refractivity contribution is 7.44. The zero-order valence-corrected chi connectivity index (χ0v) is 9.57. The van der Waals surface area contributed by atoms with E-state index in [0.29, 0.717) is 0 Å². The third-order valence-corrected chi connectivity index (χ3v) is 2.44. The molecule has 0 aliphatic carbocycles. The van der Waals surface area contributed by atoms with Gasteiger partial charge in [0.15, 0.2) is 0 Å². The van der Waals surface area contributed by atoms with Crippen LogP contribution in [0.25, 0.3) is 0 Å². The highest BCUT2D eigenvalue weighted by atomic mass is 31.1. The Morgan fingerprint density at radius 3 is 2.53 bits per heavy atom. The normalized spacial score (nSPS) is 13.1. The van der Waals surface area contributed by atoms with Crippen LogP contribution in [0.5, 0.6) is 0 Å². The van der Waals surface area contributed by atoms with E-state index in [0.717, 1.165) is 0 Å². The Morgan fingerprint density at radius 1 is 1.53 bits per heavy atom. The fourth-order valence-corrected chi connectivity index (χ4v) is 1.33. The van der Waals surface area contributed by atoms with Gasteiger partial charge in [-0.3, -0.25) is 4.79 Å². The van der Waals surface area contributed by atoms with E-state index in [2.05, 4.69) is 10.1 Å². The van der Waals surface area contributed by atoms with Crippen molar-refractivity contribution in [1.82, 2.24) is 5.32 Å². The number of allylic oxidation sites excluding steroid dienone is 1. The molecule has 2 N–H and O–H groups in total. The molecule has 0 aromatic rings. The van der Waals surface area contributed by atoms with Crippen LogP contribution in [0.4, 0.5) is 0 Å². The first-order chi connectivity index (χ1) is 7.01. The smallest absolute Gasteiger partial charge is 0.354 e. The van der Waals surface area contributed by atoms with E-state index < -0.39 is 26.0 Å². The van der Waals surface area contributed by atoms with Crippen molar-refractivity contribution in [3.05, 3.63) is 11.8 Å². The van der Waals surface area contributed by atoms with Crippen LogP contribution >= 0.6 is 7.80 Å². The minimum absolute atomic E-state index is 0.0475. The molecule has 15 heavy (non-hydrogen) atoms. The summed E-state index contributed by atoms with van der Waals surface area (Å²) < 4.78 is 15.3. The summed E-state index contributed by atoms with van der Waals surface area (Å²) >= 11 is 0. The van der Waals surface area contributed by atoms with Crippen LogP contribution in [0.3, 0.4) is 0 Å². The molecule has 0 heterocycles. The first kappa shape index (κ1) is 13.9. The molecule has 1 unspecified atom stereocenters. The highest BCUT2D eigenvalue weighted by Crippen LogP contribution is 2.18. The van der Waals surface area contributed by atoms with E-state index in [1.807, 2.05) is 0 Å². The highest BCUT2D eigenvalue weighted by Gasteiger charge is 2.10. The molecular weight excluding hydrogens is 221 g/mol. The Hall–Kier alpha value is -1.13. The van der Waals surface area contributed by atoms with Gasteiger partial charge in [-0.15, -0.1) is 0 Å². The fourth-order valence-electron chi connectivity index (χ4n) is 0.765. The van der Waals surface area contributed by atoms with E-state index >= 15 is 0 Å². The predicted octanol–water partition coefficient (Wildman–Crippen LogP) is -0.311. The Balaban J connectivity index is 4.54. The van der Waals surface area contributed by atoms with Gasteiger partial charge < -0.3 is 19.7 Å². The number of ether oxygens (including phenoxy) is 1. The molecule has 1 amide bonds. The van der Waals surface area contributed by atoms with Crippen molar-refractivity contribution in [3.8, 4) is 0 Å². The van der Waals surface area contributed by atoms with E-state index in [1.54, 1.807) is 0 Å². The van der Waals surface area contributed by atoms with Crippen LogP contribution in [0.1, 0.15) is 6.92 Å². The average Bonchev–Trinajstić information content (AvgIpc) is 2.21. The number of methoxy groups -OCH3 is 1. The van der Waals surface area contributed by atoms with E-state index in [-0.39, 0.29) is 11.9 Å². The van der Waals surface area contributed by atoms with Gasteiger partial charge in [0, 0.05) is 13.1 Å². The summed E-state index contributed by atoms with van der Waals surface area (Å²) in [4.78, 5) is 21.8. The molecule has 0 bridgehead atoms. The summed E-state index contributed by atoms with van der Waals surface area (Å²) in [5.74, 6) is -1.13. The van der Waals surface area contributed by atoms with Crippen molar-refractivity contribution in [2.45, 2.75) is 6.92 Å². The number of aliphatic hydroxyl groups excluding tert-OH is 1. The second kappa shape index (κ2) is 7.20. The molecule has 0 fully saturated rings. The van der Waals surface area contributed by atoms with Crippen LogP contribution in [-0.4, -0.2) is 36.6 Å². The number of hydrogen-bond donors (Lipinski definition) is 2. The molecule has 0 aliphatic heterocycles. The van der Waals surface area contributed by atoms with Crippen molar-refractivity contribution >= 4 is 19.7 Å². The van der Waals surface area contributed by atoms with Gasteiger partial charge in [-0.1, -0.05) is 0 Å². The SMILES string of the molecule is COC(=O)/C(=C/C[PH](=O)CO)NC(C)=O. The third-order valence-electron chi connectivity index (χ3n) is 1.43. The van der Waals surface area contributed by atoms with Gasteiger partial charge in [0.1, 0.15) is 13.5 Å². The van der Waals surface area contributed by atoms with Gasteiger partial charge in [0.25, 0.3) is 0 Å². The van der Waals surface area contributed by atoms with Gasteiger partial charge in [-0.2, -0.15) is 0 Å². The first-order valence-corrected chi connectivity index (χ1v) is 6.02. The number of nitrogens with one attached hydrogen (secondary N) is 1. The molecule has 0 aliphatic rings. The molecule has 0 rings (SSSR count). The van der Waals surface area contributed by atoms with E-state index in [4.69, 9.17) is 5.11 Å². The summed E-state index contributed by atoms with van der Waals surface area (Å²) in [6.07, 6.45) is 0.909. The number of esters is 1. The lowest BCUT2D eigenvalue weighted by Crippen LogP contribution is -2.26. The molecule has 0 radical (unpaired) electrons. The monoisotopic (exact) mass is 235 g/mol. The van der Waals surface area contributed by atoms with Crippen LogP contribution in [0.2, 0.25) is 0 Å². The average molecular weight is 235 g/mol. The van der Waals surface area contributed by atoms with Crippen molar-refractivity contribution in [2.75, 3.05) is 19.6 Å². The summed E-state index contributed by atoms with van der Waals surface area (Å²) in [5.41, 5.74) is -0.0585. The van der Waals surface area contributed by atoms with Crippen molar-refractivity contribution in [3.63, 3.8) is 0 Å². The molecule has 0 spiro atoms. The van der Waals surface area contributed by atoms with Crippen molar-refractivity contribution in [1.29, 1.82) is 0 Å². The maximum absolute atomic E-state index is 11.1. The summed E-state index contributed by atoms with van der Waals surface area (Å²) in [6, 6.07) is 0. The maximum Gasteiger partial charge on any atom is 0.354 e. The number of amides is 1. The lowest BCUT2D eigenvalue weighted by Gasteiger charge is -2.05. The Morgan fingerprint density at radius 2 is 2.13 bits per heavy atom. The summed E-state index contributed by atoms with van der Waals surface area (Å²) in [6.45, 7) is 1.24. The van der Waals surface area contributed by atoms with Crippen LogP contribution in [0, 0.1) is 0 Å². The number of rotatable bonds is 5. The molecule has 86 valence electrons. The largest absolute Gasteiger partial charge is 0.464 e. The van der Waals surface area contributed by atoms with E-state index in [1.165, 1.54) is 20.1 Å². The Labute approximate surface area is 88.1 Å².